The van der Waals surface area contributed by atoms with E-state index in [0.29, 0.717) is 10.8 Å². The lowest BCUT2D eigenvalue weighted by molar-refractivity contribution is -0.112. The monoisotopic (exact) mass is 364 g/mol. The molecule has 0 unspecified atom stereocenters. The minimum absolute atomic E-state index is 0.0234. The van der Waals surface area contributed by atoms with Gasteiger partial charge in [-0.05, 0) is 19.1 Å². The Labute approximate surface area is 147 Å². The van der Waals surface area contributed by atoms with Gasteiger partial charge in [-0.25, -0.2) is 0 Å². The molecule has 0 atom stereocenters. The highest BCUT2D eigenvalue weighted by atomic mass is 35.5. The number of Topliss-reactive ketones (excluding diaryl/α,β-unsaturated/α-hetero) is 1. The number of nitrogens with two attached hydrogens (primary N) is 1. The van der Waals surface area contributed by atoms with Crippen LogP contribution in [0.2, 0.25) is 5.02 Å². The highest BCUT2D eigenvalue weighted by Crippen LogP contribution is 2.24. The number of benzene rings is 1. The van der Waals surface area contributed by atoms with Crippen LogP contribution in [0.4, 0.5) is 0 Å². The summed E-state index contributed by atoms with van der Waals surface area (Å²) in [6.07, 6.45) is 0. The van der Waals surface area contributed by atoms with Crippen molar-refractivity contribution in [1.82, 2.24) is 10.2 Å². The quantitative estimate of drug-likeness (QED) is 0.453. The first-order valence-corrected chi connectivity index (χ1v) is 8.09. The Morgan fingerprint density at radius 1 is 1.46 bits per heavy atom. The molecule has 0 fully saturated rings. The van der Waals surface area contributed by atoms with Gasteiger partial charge in [0.25, 0.3) is 11.1 Å². The van der Waals surface area contributed by atoms with Crippen LogP contribution in [-0.2, 0) is 11.4 Å². The minimum Gasteiger partial charge on any atom is -0.482 e. The van der Waals surface area contributed by atoms with E-state index in [1.165, 1.54) is 6.92 Å². The van der Waals surface area contributed by atoms with Crippen LogP contribution in [0, 0.1) is 11.3 Å². The summed E-state index contributed by atoms with van der Waals surface area (Å²) < 4.78 is 10.8. The number of ether oxygens (including phenoxy) is 1. The van der Waals surface area contributed by atoms with Gasteiger partial charge < -0.3 is 14.9 Å². The summed E-state index contributed by atoms with van der Waals surface area (Å²) in [5.41, 5.74) is 5.59. The molecule has 2 aromatic rings. The number of carbonyl (C=O) groups is 1. The first-order chi connectivity index (χ1) is 11.5. The number of halogens is 1. The Morgan fingerprint density at radius 2 is 2.21 bits per heavy atom. The maximum atomic E-state index is 11.8. The normalized spacial score (nSPS) is 11.5. The predicted octanol–water partition coefficient (Wildman–Crippen LogP) is 2.72. The molecule has 1 aromatic carbocycles. The van der Waals surface area contributed by atoms with E-state index in [1.807, 2.05) is 0 Å². The number of para-hydroxylation sites is 1. The molecular formula is C15H13ClN4O3S. The lowest BCUT2D eigenvalue weighted by Gasteiger charge is -2.04. The molecule has 0 aliphatic carbocycles. The second-order valence-electron chi connectivity index (χ2n) is 4.56. The number of rotatable bonds is 7. The molecular weight excluding hydrogens is 352 g/mol. The van der Waals surface area contributed by atoms with E-state index in [4.69, 9.17) is 31.8 Å². The first-order valence-electron chi connectivity index (χ1n) is 6.73. The minimum atomic E-state index is -0.394. The smallest absolute Gasteiger partial charge is 0.277 e. The molecule has 24 heavy (non-hydrogen) atoms. The lowest BCUT2D eigenvalue weighted by atomic mass is 10.2. The number of nitrogens with zero attached hydrogens (tertiary/aromatic N) is 3. The van der Waals surface area contributed by atoms with Crippen molar-refractivity contribution in [2.24, 2.45) is 5.73 Å². The Hall–Kier alpha value is -2.50. The van der Waals surface area contributed by atoms with Crippen LogP contribution >= 0.6 is 23.4 Å². The fraction of sp³-hybridized carbons (Fsp3) is 0.200. The van der Waals surface area contributed by atoms with E-state index < -0.39 is 5.78 Å². The Bertz CT molecular complexity index is 809. The van der Waals surface area contributed by atoms with E-state index in [9.17, 15) is 4.79 Å². The zero-order chi connectivity index (χ0) is 17.5. The number of carbonyl (C=O) groups excluding carboxylic acids is 1. The zero-order valence-electron chi connectivity index (χ0n) is 12.7. The SMILES string of the molecule is C/C(N)=C(/C#N)C(=O)CSc1nnc(COc2ccccc2Cl)o1. The van der Waals surface area contributed by atoms with Gasteiger partial charge in [-0.1, -0.05) is 35.5 Å². The summed E-state index contributed by atoms with van der Waals surface area (Å²) in [6, 6.07) is 8.79. The van der Waals surface area contributed by atoms with Crippen LogP contribution in [0.5, 0.6) is 5.75 Å². The lowest BCUT2D eigenvalue weighted by Crippen LogP contribution is -2.10. The van der Waals surface area contributed by atoms with Gasteiger partial charge in [-0.15, -0.1) is 10.2 Å². The van der Waals surface area contributed by atoms with Gasteiger partial charge in [0.15, 0.2) is 12.4 Å². The second kappa shape index (κ2) is 8.38. The first kappa shape index (κ1) is 17.8. The fourth-order valence-corrected chi connectivity index (χ4v) is 2.47. The number of thioether (sulfide) groups is 1. The van der Waals surface area contributed by atoms with Crippen molar-refractivity contribution in [3.8, 4) is 11.8 Å². The molecule has 0 aliphatic heterocycles. The molecule has 0 saturated heterocycles. The molecule has 0 aliphatic rings. The summed E-state index contributed by atoms with van der Waals surface area (Å²) >= 11 is 7.00. The second-order valence-corrected chi connectivity index (χ2v) is 5.90. The molecule has 0 saturated carbocycles. The highest BCUT2D eigenvalue weighted by Gasteiger charge is 2.15. The largest absolute Gasteiger partial charge is 0.482 e. The van der Waals surface area contributed by atoms with Crippen molar-refractivity contribution < 1.29 is 13.9 Å². The van der Waals surface area contributed by atoms with Crippen LogP contribution in [0.1, 0.15) is 12.8 Å². The highest BCUT2D eigenvalue weighted by molar-refractivity contribution is 7.99. The van der Waals surface area contributed by atoms with Crippen molar-refractivity contribution >= 4 is 29.1 Å². The van der Waals surface area contributed by atoms with E-state index in [1.54, 1.807) is 30.3 Å². The summed E-state index contributed by atoms with van der Waals surface area (Å²) in [5, 5.41) is 17.2. The van der Waals surface area contributed by atoms with Crippen LogP contribution in [0.3, 0.4) is 0 Å². The number of ketones is 1. The predicted molar refractivity (Wildman–Crippen MR) is 88.3 cm³/mol. The third-order valence-electron chi connectivity index (χ3n) is 2.75. The van der Waals surface area contributed by atoms with Gasteiger partial charge in [-0.3, -0.25) is 4.79 Å². The van der Waals surface area contributed by atoms with Gasteiger partial charge in [-0.2, -0.15) is 5.26 Å². The zero-order valence-corrected chi connectivity index (χ0v) is 14.2. The fourth-order valence-electron chi connectivity index (χ4n) is 1.63. The number of hydrogen-bond acceptors (Lipinski definition) is 8. The summed E-state index contributed by atoms with van der Waals surface area (Å²) in [5.74, 6) is 0.333. The van der Waals surface area contributed by atoms with E-state index in [2.05, 4.69) is 10.2 Å². The van der Waals surface area contributed by atoms with Gasteiger partial charge in [0.1, 0.15) is 17.4 Å². The van der Waals surface area contributed by atoms with E-state index in [-0.39, 0.29) is 34.7 Å². The van der Waals surface area contributed by atoms with Crippen molar-refractivity contribution in [3.63, 3.8) is 0 Å². The maximum absolute atomic E-state index is 11.8. The van der Waals surface area contributed by atoms with Crippen LogP contribution in [0.25, 0.3) is 0 Å². The topological polar surface area (TPSA) is 115 Å². The molecule has 0 amide bonds. The van der Waals surface area contributed by atoms with Gasteiger partial charge >= 0.3 is 0 Å². The molecule has 2 N–H and O–H groups in total. The Morgan fingerprint density at radius 3 is 2.88 bits per heavy atom. The number of hydrogen-bond donors (Lipinski definition) is 1. The third-order valence-corrected chi connectivity index (χ3v) is 3.88. The number of allylic oxidation sites excluding steroid dienone is 2. The Kier molecular flexibility index (Phi) is 6.23. The Balaban J connectivity index is 1.90. The van der Waals surface area contributed by atoms with Gasteiger partial charge in [0.2, 0.25) is 0 Å². The van der Waals surface area contributed by atoms with Crippen molar-refractivity contribution in [2.45, 2.75) is 18.8 Å². The van der Waals surface area contributed by atoms with Gasteiger partial charge in [0, 0.05) is 5.70 Å². The van der Waals surface area contributed by atoms with Gasteiger partial charge in [0.05, 0.1) is 10.8 Å². The third kappa shape index (κ3) is 4.75. The van der Waals surface area contributed by atoms with E-state index >= 15 is 0 Å². The van der Waals surface area contributed by atoms with Crippen molar-refractivity contribution in [3.05, 3.63) is 46.4 Å². The standard InChI is InChI=1S/C15H13ClN4O3S/c1-9(18)10(6-17)12(21)8-24-15-20-19-14(23-15)7-22-13-5-3-2-4-11(13)16/h2-5H,7-8,18H2,1H3/b10-9+. The van der Waals surface area contributed by atoms with Crippen LogP contribution in [0.15, 0.2) is 45.2 Å². The average molecular weight is 365 g/mol. The summed E-state index contributed by atoms with van der Waals surface area (Å²) in [7, 11) is 0. The molecule has 0 radical (unpaired) electrons. The number of nitriles is 1. The molecule has 0 spiro atoms. The summed E-state index contributed by atoms with van der Waals surface area (Å²) in [6.45, 7) is 1.55. The van der Waals surface area contributed by atoms with Crippen molar-refractivity contribution in [1.29, 1.82) is 5.26 Å². The molecule has 1 heterocycles. The molecule has 7 nitrogen and oxygen atoms in total. The molecule has 0 bridgehead atoms. The van der Waals surface area contributed by atoms with Crippen LogP contribution < -0.4 is 10.5 Å². The average Bonchev–Trinajstić information content (AvgIpc) is 3.00. The molecule has 9 heteroatoms. The number of aromatic nitrogens is 2. The molecule has 2 rings (SSSR count). The molecule has 124 valence electrons. The van der Waals surface area contributed by atoms with Crippen molar-refractivity contribution in [2.75, 3.05) is 5.75 Å². The maximum Gasteiger partial charge on any atom is 0.277 e. The molecule has 1 aromatic heterocycles. The summed E-state index contributed by atoms with van der Waals surface area (Å²) in [4.78, 5) is 11.8. The van der Waals surface area contributed by atoms with Crippen LogP contribution in [-0.4, -0.2) is 21.7 Å². The van der Waals surface area contributed by atoms with E-state index in [0.717, 1.165) is 11.8 Å².